The van der Waals surface area contributed by atoms with Crippen molar-refractivity contribution in [3.05, 3.63) is 77.4 Å². The molecule has 2 unspecified atom stereocenters. The standard InChI is InChI=1S/C24H27NO2/c1-5-23(21-11-10-16(2)17(3)14-21)25-24(26)18(4)27-22-13-12-19-8-6-7-9-20(19)15-22/h6-15,18,23H,5H2,1-4H3,(H,25,26). The molecule has 0 heterocycles. The maximum Gasteiger partial charge on any atom is 0.261 e. The summed E-state index contributed by atoms with van der Waals surface area (Å²) >= 11 is 0. The molecule has 0 aromatic heterocycles. The number of ether oxygens (including phenoxy) is 1. The van der Waals surface area contributed by atoms with Gasteiger partial charge in [0, 0.05) is 0 Å². The molecule has 3 rings (SSSR count). The minimum atomic E-state index is -0.563. The molecule has 0 aliphatic carbocycles. The van der Waals surface area contributed by atoms with Gasteiger partial charge in [0.05, 0.1) is 6.04 Å². The lowest BCUT2D eigenvalue weighted by Crippen LogP contribution is -2.38. The molecule has 0 aliphatic rings. The van der Waals surface area contributed by atoms with Crippen LogP contribution in [0.2, 0.25) is 0 Å². The first-order valence-corrected chi connectivity index (χ1v) is 9.51. The minimum absolute atomic E-state index is 0.0144. The van der Waals surface area contributed by atoms with Crippen molar-refractivity contribution in [3.8, 4) is 5.75 Å². The number of amides is 1. The minimum Gasteiger partial charge on any atom is -0.481 e. The van der Waals surface area contributed by atoms with Crippen LogP contribution in [0.15, 0.2) is 60.7 Å². The van der Waals surface area contributed by atoms with Crippen molar-refractivity contribution in [2.45, 2.75) is 46.3 Å². The van der Waals surface area contributed by atoms with Gasteiger partial charge < -0.3 is 10.1 Å². The van der Waals surface area contributed by atoms with Crippen molar-refractivity contribution in [1.29, 1.82) is 0 Å². The number of hydrogen-bond acceptors (Lipinski definition) is 2. The molecular weight excluding hydrogens is 334 g/mol. The second-order valence-corrected chi connectivity index (χ2v) is 7.08. The van der Waals surface area contributed by atoms with E-state index in [4.69, 9.17) is 4.74 Å². The van der Waals surface area contributed by atoms with Crippen molar-refractivity contribution in [2.24, 2.45) is 0 Å². The van der Waals surface area contributed by atoms with Gasteiger partial charge in [-0.05, 0) is 66.8 Å². The molecule has 0 radical (unpaired) electrons. The lowest BCUT2D eigenvalue weighted by Gasteiger charge is -2.22. The van der Waals surface area contributed by atoms with Crippen molar-refractivity contribution < 1.29 is 9.53 Å². The molecule has 140 valence electrons. The zero-order valence-electron chi connectivity index (χ0n) is 16.5. The lowest BCUT2D eigenvalue weighted by atomic mass is 9.99. The van der Waals surface area contributed by atoms with Crippen LogP contribution in [0.1, 0.15) is 43.0 Å². The molecular formula is C24H27NO2. The fourth-order valence-electron chi connectivity index (χ4n) is 3.19. The van der Waals surface area contributed by atoms with Crippen molar-refractivity contribution in [1.82, 2.24) is 5.32 Å². The topological polar surface area (TPSA) is 38.3 Å². The molecule has 0 spiro atoms. The average molecular weight is 361 g/mol. The van der Waals surface area contributed by atoms with Gasteiger partial charge in [-0.2, -0.15) is 0 Å². The van der Waals surface area contributed by atoms with Crippen molar-refractivity contribution in [2.75, 3.05) is 0 Å². The normalized spacial score (nSPS) is 13.2. The van der Waals surface area contributed by atoms with E-state index in [1.165, 1.54) is 11.1 Å². The fourth-order valence-corrected chi connectivity index (χ4v) is 3.19. The van der Waals surface area contributed by atoms with Gasteiger partial charge in [-0.15, -0.1) is 0 Å². The molecule has 2 atom stereocenters. The number of hydrogen-bond donors (Lipinski definition) is 1. The Balaban J connectivity index is 1.68. The number of aryl methyl sites for hydroxylation is 2. The largest absolute Gasteiger partial charge is 0.481 e. The average Bonchev–Trinajstić information content (AvgIpc) is 2.68. The maximum absolute atomic E-state index is 12.7. The smallest absolute Gasteiger partial charge is 0.261 e. The van der Waals surface area contributed by atoms with Crippen LogP contribution in [-0.4, -0.2) is 12.0 Å². The van der Waals surface area contributed by atoms with E-state index in [0.717, 1.165) is 22.8 Å². The summed E-state index contributed by atoms with van der Waals surface area (Å²) in [5.41, 5.74) is 3.63. The van der Waals surface area contributed by atoms with Gasteiger partial charge in [-0.25, -0.2) is 0 Å². The van der Waals surface area contributed by atoms with E-state index in [0.29, 0.717) is 5.75 Å². The summed E-state index contributed by atoms with van der Waals surface area (Å²) in [6.45, 7) is 8.06. The van der Waals surface area contributed by atoms with Gasteiger partial charge in [0.25, 0.3) is 5.91 Å². The first kappa shape index (κ1) is 19.0. The third-order valence-corrected chi connectivity index (χ3v) is 5.06. The Morgan fingerprint density at radius 2 is 1.70 bits per heavy atom. The Kier molecular flexibility index (Phi) is 5.80. The summed E-state index contributed by atoms with van der Waals surface area (Å²) in [6, 6.07) is 20.3. The number of benzene rings is 3. The summed E-state index contributed by atoms with van der Waals surface area (Å²) in [5.74, 6) is 0.601. The predicted octanol–water partition coefficient (Wildman–Crippen LogP) is 5.49. The Morgan fingerprint density at radius 1 is 0.963 bits per heavy atom. The highest BCUT2D eigenvalue weighted by atomic mass is 16.5. The van der Waals surface area contributed by atoms with Gasteiger partial charge in [-0.3, -0.25) is 4.79 Å². The highest BCUT2D eigenvalue weighted by Crippen LogP contribution is 2.23. The van der Waals surface area contributed by atoms with Crippen LogP contribution in [0, 0.1) is 13.8 Å². The highest BCUT2D eigenvalue weighted by molar-refractivity contribution is 5.84. The Morgan fingerprint density at radius 3 is 2.41 bits per heavy atom. The molecule has 3 heteroatoms. The SMILES string of the molecule is CCC(NC(=O)C(C)Oc1ccc2ccccc2c1)c1ccc(C)c(C)c1. The van der Waals surface area contributed by atoms with E-state index in [1.807, 2.05) is 36.4 Å². The number of carbonyl (C=O) groups is 1. The van der Waals surface area contributed by atoms with E-state index >= 15 is 0 Å². The molecule has 1 N–H and O–H groups in total. The summed E-state index contributed by atoms with van der Waals surface area (Å²) in [6.07, 6.45) is 0.267. The van der Waals surface area contributed by atoms with Gasteiger partial charge in [0.2, 0.25) is 0 Å². The summed E-state index contributed by atoms with van der Waals surface area (Å²) < 4.78 is 5.90. The van der Waals surface area contributed by atoms with E-state index in [9.17, 15) is 4.79 Å². The molecule has 0 saturated heterocycles. The Labute approximate surface area is 161 Å². The number of rotatable bonds is 6. The molecule has 0 aliphatic heterocycles. The first-order chi connectivity index (χ1) is 13.0. The van der Waals surface area contributed by atoms with E-state index in [1.54, 1.807) is 6.92 Å². The highest BCUT2D eigenvalue weighted by Gasteiger charge is 2.19. The number of carbonyl (C=O) groups excluding carboxylic acids is 1. The van der Waals surface area contributed by atoms with Crippen LogP contribution in [0.25, 0.3) is 10.8 Å². The quantitative estimate of drug-likeness (QED) is 0.630. The third-order valence-electron chi connectivity index (χ3n) is 5.06. The Bertz CT molecular complexity index is 948. The van der Waals surface area contributed by atoms with Crippen LogP contribution < -0.4 is 10.1 Å². The molecule has 3 aromatic carbocycles. The summed E-state index contributed by atoms with van der Waals surface area (Å²) in [7, 11) is 0. The van der Waals surface area contributed by atoms with Gasteiger partial charge >= 0.3 is 0 Å². The molecule has 0 fully saturated rings. The maximum atomic E-state index is 12.7. The van der Waals surface area contributed by atoms with Crippen molar-refractivity contribution >= 4 is 16.7 Å². The van der Waals surface area contributed by atoms with Crippen molar-refractivity contribution in [3.63, 3.8) is 0 Å². The van der Waals surface area contributed by atoms with Crippen LogP contribution in [0.3, 0.4) is 0 Å². The van der Waals surface area contributed by atoms with Crippen LogP contribution in [0.5, 0.6) is 5.75 Å². The Hall–Kier alpha value is -2.81. The first-order valence-electron chi connectivity index (χ1n) is 9.51. The van der Waals surface area contributed by atoms with Crippen LogP contribution in [0.4, 0.5) is 0 Å². The molecule has 0 bridgehead atoms. The van der Waals surface area contributed by atoms with Gasteiger partial charge in [0.1, 0.15) is 5.75 Å². The fraction of sp³-hybridized carbons (Fsp3) is 0.292. The van der Waals surface area contributed by atoms with Crippen LogP contribution >= 0.6 is 0 Å². The van der Waals surface area contributed by atoms with E-state index < -0.39 is 6.10 Å². The predicted molar refractivity (Wildman–Crippen MR) is 111 cm³/mol. The number of fused-ring (bicyclic) bond motifs is 1. The zero-order chi connectivity index (χ0) is 19.4. The second kappa shape index (κ2) is 8.26. The molecule has 1 amide bonds. The van der Waals surface area contributed by atoms with E-state index in [-0.39, 0.29) is 11.9 Å². The van der Waals surface area contributed by atoms with Gasteiger partial charge in [-0.1, -0.05) is 55.5 Å². The molecule has 27 heavy (non-hydrogen) atoms. The van der Waals surface area contributed by atoms with E-state index in [2.05, 4.69) is 50.4 Å². The third kappa shape index (κ3) is 4.48. The molecule has 3 nitrogen and oxygen atoms in total. The summed E-state index contributed by atoms with van der Waals surface area (Å²) in [4.78, 5) is 12.7. The summed E-state index contributed by atoms with van der Waals surface area (Å²) in [5, 5.41) is 5.38. The molecule has 0 saturated carbocycles. The van der Waals surface area contributed by atoms with Gasteiger partial charge in [0.15, 0.2) is 6.10 Å². The number of nitrogens with one attached hydrogen (secondary N) is 1. The monoisotopic (exact) mass is 361 g/mol. The second-order valence-electron chi connectivity index (χ2n) is 7.08. The lowest BCUT2D eigenvalue weighted by molar-refractivity contribution is -0.128. The molecule has 3 aromatic rings. The van der Waals surface area contributed by atoms with Crippen LogP contribution in [-0.2, 0) is 4.79 Å². The zero-order valence-corrected chi connectivity index (χ0v) is 16.5.